The molecule has 1 amide bonds. The SMILES string of the molecule is Cc1cc(F)c(F)cc1C(=O)N1CC2(C[C@H](Oc3cccnc3)CCO2)C1. The minimum Gasteiger partial charge on any atom is -0.489 e. The fourth-order valence-electron chi connectivity index (χ4n) is 3.75. The first-order valence-corrected chi connectivity index (χ1v) is 8.91. The van der Waals surface area contributed by atoms with E-state index in [0.29, 0.717) is 37.4 Å². The number of nitrogens with zero attached hydrogens (tertiary/aromatic N) is 2. The van der Waals surface area contributed by atoms with Gasteiger partial charge in [0, 0.05) is 24.6 Å². The minimum atomic E-state index is -1.02. The van der Waals surface area contributed by atoms with Crippen molar-refractivity contribution in [3.8, 4) is 5.75 Å². The number of benzene rings is 1. The number of amides is 1. The molecule has 7 heteroatoms. The number of carbonyl (C=O) groups is 1. The molecular weight excluding hydrogens is 354 g/mol. The van der Waals surface area contributed by atoms with E-state index >= 15 is 0 Å². The van der Waals surface area contributed by atoms with Crippen LogP contribution in [-0.4, -0.2) is 47.2 Å². The van der Waals surface area contributed by atoms with Crippen LogP contribution in [0.4, 0.5) is 8.78 Å². The molecule has 4 rings (SSSR count). The van der Waals surface area contributed by atoms with Gasteiger partial charge in [0.05, 0.1) is 25.9 Å². The Morgan fingerprint density at radius 1 is 1.33 bits per heavy atom. The zero-order chi connectivity index (χ0) is 19.0. The summed E-state index contributed by atoms with van der Waals surface area (Å²) in [6.45, 7) is 2.98. The van der Waals surface area contributed by atoms with Crippen LogP contribution in [0.15, 0.2) is 36.7 Å². The van der Waals surface area contributed by atoms with Crippen LogP contribution >= 0.6 is 0 Å². The molecule has 142 valence electrons. The first-order chi connectivity index (χ1) is 13.0. The highest BCUT2D eigenvalue weighted by Crippen LogP contribution is 2.36. The molecule has 2 aliphatic rings. The van der Waals surface area contributed by atoms with E-state index in [-0.39, 0.29) is 17.6 Å². The molecule has 2 aliphatic heterocycles. The zero-order valence-corrected chi connectivity index (χ0v) is 15.0. The minimum absolute atomic E-state index is 0.00907. The molecule has 0 radical (unpaired) electrons. The molecule has 5 nitrogen and oxygen atoms in total. The van der Waals surface area contributed by atoms with Crippen molar-refractivity contribution in [2.24, 2.45) is 0 Å². The molecule has 0 saturated carbocycles. The Morgan fingerprint density at radius 2 is 2.11 bits per heavy atom. The number of likely N-dealkylation sites (tertiary alicyclic amines) is 1. The summed E-state index contributed by atoms with van der Waals surface area (Å²) in [6, 6.07) is 5.69. The van der Waals surface area contributed by atoms with Crippen molar-refractivity contribution in [1.29, 1.82) is 0 Å². The molecular formula is C20H20F2N2O3. The van der Waals surface area contributed by atoms with E-state index in [4.69, 9.17) is 9.47 Å². The summed E-state index contributed by atoms with van der Waals surface area (Å²) in [6.07, 6.45) is 4.79. The molecule has 3 heterocycles. The predicted molar refractivity (Wildman–Crippen MR) is 93.6 cm³/mol. The lowest BCUT2D eigenvalue weighted by Crippen LogP contribution is -2.67. The van der Waals surface area contributed by atoms with Crippen molar-refractivity contribution in [2.45, 2.75) is 31.5 Å². The van der Waals surface area contributed by atoms with E-state index in [9.17, 15) is 13.6 Å². The summed E-state index contributed by atoms with van der Waals surface area (Å²) in [7, 11) is 0. The maximum atomic E-state index is 13.5. The van der Waals surface area contributed by atoms with Gasteiger partial charge in [0.1, 0.15) is 17.5 Å². The van der Waals surface area contributed by atoms with Crippen LogP contribution in [0.3, 0.4) is 0 Å². The van der Waals surface area contributed by atoms with Crippen molar-refractivity contribution in [3.05, 3.63) is 59.4 Å². The van der Waals surface area contributed by atoms with Gasteiger partial charge in [-0.1, -0.05) is 0 Å². The van der Waals surface area contributed by atoms with Crippen LogP contribution in [0, 0.1) is 18.6 Å². The number of halogens is 2. The van der Waals surface area contributed by atoms with Gasteiger partial charge < -0.3 is 14.4 Å². The normalized spacial score (nSPS) is 21.0. The van der Waals surface area contributed by atoms with Crippen LogP contribution in [0.2, 0.25) is 0 Å². The average Bonchev–Trinajstić information content (AvgIpc) is 2.63. The molecule has 0 N–H and O–H groups in total. The van der Waals surface area contributed by atoms with Crippen molar-refractivity contribution in [1.82, 2.24) is 9.88 Å². The lowest BCUT2D eigenvalue weighted by atomic mass is 9.84. The maximum Gasteiger partial charge on any atom is 0.254 e. The largest absolute Gasteiger partial charge is 0.489 e. The van der Waals surface area contributed by atoms with Crippen molar-refractivity contribution < 1.29 is 23.0 Å². The van der Waals surface area contributed by atoms with Gasteiger partial charge in [0.15, 0.2) is 11.6 Å². The van der Waals surface area contributed by atoms with Crippen molar-refractivity contribution in [2.75, 3.05) is 19.7 Å². The molecule has 0 unspecified atom stereocenters. The predicted octanol–water partition coefficient (Wildman–Crippen LogP) is 3.12. The molecule has 1 spiro atoms. The summed E-state index contributed by atoms with van der Waals surface area (Å²) in [4.78, 5) is 18.3. The number of aryl methyl sites for hydroxylation is 1. The van der Waals surface area contributed by atoms with Gasteiger partial charge in [-0.2, -0.15) is 0 Å². The second kappa shape index (κ2) is 6.88. The molecule has 2 fully saturated rings. The Labute approximate surface area is 155 Å². The topological polar surface area (TPSA) is 51.7 Å². The summed E-state index contributed by atoms with van der Waals surface area (Å²) in [5, 5.41) is 0. The molecule has 0 bridgehead atoms. The van der Waals surface area contributed by atoms with Crippen LogP contribution in [0.25, 0.3) is 0 Å². The van der Waals surface area contributed by atoms with E-state index in [1.807, 2.05) is 12.1 Å². The van der Waals surface area contributed by atoms with Crippen LogP contribution < -0.4 is 4.74 Å². The van der Waals surface area contributed by atoms with E-state index in [1.54, 1.807) is 24.2 Å². The quantitative estimate of drug-likeness (QED) is 0.828. The van der Waals surface area contributed by atoms with E-state index in [2.05, 4.69) is 4.98 Å². The third kappa shape index (κ3) is 3.51. The Balaban J connectivity index is 1.40. The number of hydrogen-bond acceptors (Lipinski definition) is 4. The number of rotatable bonds is 3. The first-order valence-electron chi connectivity index (χ1n) is 8.91. The summed E-state index contributed by atoms with van der Waals surface area (Å²) in [5.41, 5.74) is 0.165. The molecule has 0 aliphatic carbocycles. The van der Waals surface area contributed by atoms with Gasteiger partial charge in [-0.25, -0.2) is 8.78 Å². The zero-order valence-electron chi connectivity index (χ0n) is 15.0. The van der Waals surface area contributed by atoms with E-state index in [1.165, 1.54) is 0 Å². The number of ether oxygens (including phenoxy) is 2. The highest BCUT2D eigenvalue weighted by Gasteiger charge is 2.50. The highest BCUT2D eigenvalue weighted by molar-refractivity contribution is 5.96. The third-order valence-corrected chi connectivity index (χ3v) is 5.13. The maximum absolute atomic E-state index is 13.5. The molecule has 1 aromatic carbocycles. The number of aromatic nitrogens is 1. The Bertz CT molecular complexity index is 854. The van der Waals surface area contributed by atoms with E-state index < -0.39 is 17.2 Å². The van der Waals surface area contributed by atoms with Crippen LogP contribution in [-0.2, 0) is 4.74 Å². The summed E-state index contributed by atoms with van der Waals surface area (Å²) >= 11 is 0. The number of hydrogen-bond donors (Lipinski definition) is 0. The highest BCUT2D eigenvalue weighted by atomic mass is 19.2. The van der Waals surface area contributed by atoms with Crippen molar-refractivity contribution >= 4 is 5.91 Å². The van der Waals surface area contributed by atoms with E-state index in [0.717, 1.165) is 18.6 Å². The lowest BCUT2D eigenvalue weighted by molar-refractivity contribution is -0.173. The second-order valence-corrected chi connectivity index (χ2v) is 7.20. The fraction of sp³-hybridized carbons (Fsp3) is 0.400. The number of pyridine rings is 1. The fourth-order valence-corrected chi connectivity index (χ4v) is 3.75. The van der Waals surface area contributed by atoms with Gasteiger partial charge in [0.2, 0.25) is 0 Å². The second-order valence-electron chi connectivity index (χ2n) is 7.20. The molecule has 27 heavy (non-hydrogen) atoms. The Hall–Kier alpha value is -2.54. The van der Waals surface area contributed by atoms with Crippen molar-refractivity contribution in [3.63, 3.8) is 0 Å². The average molecular weight is 374 g/mol. The van der Waals surface area contributed by atoms with Gasteiger partial charge in [0.25, 0.3) is 5.91 Å². The van der Waals surface area contributed by atoms with Crippen LogP contribution in [0.1, 0.15) is 28.8 Å². The van der Waals surface area contributed by atoms with Gasteiger partial charge in [-0.05, 0) is 36.8 Å². The molecule has 2 aromatic rings. The lowest BCUT2D eigenvalue weighted by Gasteiger charge is -2.53. The standard InChI is InChI=1S/C20H20F2N2O3/c1-13-7-17(21)18(22)8-16(13)19(25)24-11-20(12-24)9-14(4-6-26-20)27-15-3-2-5-23-10-15/h2-3,5,7-8,10,14H,4,6,9,11-12H2,1H3/t14-/m1/s1. The van der Waals surface area contributed by atoms with Gasteiger partial charge >= 0.3 is 0 Å². The Morgan fingerprint density at radius 3 is 2.85 bits per heavy atom. The summed E-state index contributed by atoms with van der Waals surface area (Å²) in [5.74, 6) is -1.56. The number of carbonyl (C=O) groups excluding carboxylic acids is 1. The third-order valence-electron chi connectivity index (χ3n) is 5.13. The molecule has 1 aromatic heterocycles. The van der Waals surface area contributed by atoms with Crippen LogP contribution in [0.5, 0.6) is 5.75 Å². The molecule has 2 saturated heterocycles. The summed E-state index contributed by atoms with van der Waals surface area (Å²) < 4.78 is 38.7. The smallest absolute Gasteiger partial charge is 0.254 e. The molecule has 1 atom stereocenters. The Kier molecular flexibility index (Phi) is 4.55. The first kappa shape index (κ1) is 17.9. The van der Waals surface area contributed by atoms with Gasteiger partial charge in [-0.3, -0.25) is 9.78 Å². The van der Waals surface area contributed by atoms with Gasteiger partial charge in [-0.15, -0.1) is 0 Å². The monoisotopic (exact) mass is 374 g/mol.